The van der Waals surface area contributed by atoms with E-state index >= 15 is 0 Å². The molecule has 36 heavy (non-hydrogen) atoms. The highest BCUT2D eigenvalue weighted by Crippen LogP contribution is 2.24. The van der Waals surface area contributed by atoms with Gasteiger partial charge < -0.3 is 15.0 Å². The fourth-order valence-corrected chi connectivity index (χ4v) is 3.97. The molecule has 0 aliphatic rings. The second kappa shape index (κ2) is 13.9. The van der Waals surface area contributed by atoms with Crippen LogP contribution in [-0.2, 0) is 22.6 Å². The number of nitrogens with zero attached hydrogens (tertiary/aromatic N) is 1. The predicted molar refractivity (Wildman–Crippen MR) is 141 cm³/mol. The molecular formula is C28H29Cl2FN2O3. The van der Waals surface area contributed by atoms with Gasteiger partial charge in [0.25, 0.3) is 5.91 Å². The predicted octanol–water partition coefficient (Wildman–Crippen LogP) is 6.07. The Morgan fingerprint density at radius 3 is 2.36 bits per heavy atom. The lowest BCUT2D eigenvalue weighted by molar-refractivity contribution is -0.142. The highest BCUT2D eigenvalue weighted by atomic mass is 35.5. The van der Waals surface area contributed by atoms with Crippen LogP contribution in [0.25, 0.3) is 0 Å². The molecule has 0 aliphatic carbocycles. The van der Waals surface area contributed by atoms with Crippen molar-refractivity contribution in [1.29, 1.82) is 0 Å². The van der Waals surface area contributed by atoms with E-state index in [9.17, 15) is 14.0 Å². The molecule has 1 N–H and O–H groups in total. The molecule has 3 aromatic rings. The zero-order valence-corrected chi connectivity index (χ0v) is 21.6. The van der Waals surface area contributed by atoms with Crippen LogP contribution in [0.3, 0.4) is 0 Å². The van der Waals surface area contributed by atoms with Gasteiger partial charge in [0.05, 0.1) is 10.0 Å². The van der Waals surface area contributed by atoms with Gasteiger partial charge in [-0.25, -0.2) is 4.39 Å². The highest BCUT2D eigenvalue weighted by molar-refractivity contribution is 6.42. The molecule has 1 atom stereocenters. The first kappa shape index (κ1) is 27.5. The minimum Gasteiger partial charge on any atom is -0.484 e. The third-order valence-corrected chi connectivity index (χ3v) is 6.35. The Morgan fingerprint density at radius 2 is 1.69 bits per heavy atom. The molecule has 0 heterocycles. The van der Waals surface area contributed by atoms with Gasteiger partial charge >= 0.3 is 0 Å². The molecule has 5 nitrogen and oxygen atoms in total. The Bertz CT molecular complexity index is 1140. The molecule has 0 bridgehead atoms. The Balaban J connectivity index is 1.89. The highest BCUT2D eigenvalue weighted by Gasteiger charge is 2.30. The molecular weight excluding hydrogens is 502 g/mol. The molecule has 3 rings (SSSR count). The van der Waals surface area contributed by atoms with E-state index in [1.54, 1.807) is 18.2 Å². The lowest BCUT2D eigenvalue weighted by Gasteiger charge is -2.31. The van der Waals surface area contributed by atoms with Crippen molar-refractivity contribution in [3.8, 4) is 5.75 Å². The standard InChI is InChI=1S/C28H29Cl2FN2O3/c1-2-3-15-32-28(35)26(17-20-7-5-4-6-8-20)33(18-21-9-14-24(29)25(30)16-21)27(34)19-36-23-12-10-22(31)11-13-23/h4-14,16,26H,2-3,15,17-19H2,1H3,(H,32,35). The van der Waals surface area contributed by atoms with Crippen molar-refractivity contribution in [1.82, 2.24) is 10.2 Å². The second-order valence-corrected chi connectivity index (χ2v) is 9.18. The number of ether oxygens (including phenoxy) is 1. The smallest absolute Gasteiger partial charge is 0.261 e. The molecule has 3 aromatic carbocycles. The fourth-order valence-electron chi connectivity index (χ4n) is 3.65. The van der Waals surface area contributed by atoms with Gasteiger partial charge in [-0.3, -0.25) is 9.59 Å². The summed E-state index contributed by atoms with van der Waals surface area (Å²) in [5.74, 6) is -0.688. The Labute approximate surface area is 221 Å². The molecule has 0 saturated carbocycles. The summed E-state index contributed by atoms with van der Waals surface area (Å²) in [5, 5.41) is 3.72. The molecule has 0 radical (unpaired) electrons. The van der Waals surface area contributed by atoms with Crippen LogP contribution in [0.5, 0.6) is 5.75 Å². The van der Waals surface area contributed by atoms with E-state index in [4.69, 9.17) is 27.9 Å². The van der Waals surface area contributed by atoms with E-state index in [1.165, 1.54) is 29.2 Å². The van der Waals surface area contributed by atoms with Crippen LogP contribution in [0.15, 0.2) is 72.8 Å². The van der Waals surface area contributed by atoms with Crippen molar-refractivity contribution in [2.75, 3.05) is 13.2 Å². The van der Waals surface area contributed by atoms with E-state index in [1.807, 2.05) is 37.3 Å². The molecule has 2 amide bonds. The maximum atomic E-state index is 13.5. The molecule has 0 aromatic heterocycles. The number of nitrogens with one attached hydrogen (secondary N) is 1. The van der Waals surface area contributed by atoms with Crippen LogP contribution in [-0.4, -0.2) is 35.9 Å². The van der Waals surface area contributed by atoms with Gasteiger partial charge in [0.2, 0.25) is 5.91 Å². The summed E-state index contributed by atoms with van der Waals surface area (Å²) in [6, 6.07) is 19.3. The number of benzene rings is 3. The SMILES string of the molecule is CCCCNC(=O)C(Cc1ccccc1)N(Cc1ccc(Cl)c(Cl)c1)C(=O)COc1ccc(F)cc1. The summed E-state index contributed by atoms with van der Waals surface area (Å²) in [4.78, 5) is 28.3. The first-order valence-electron chi connectivity index (χ1n) is 11.8. The van der Waals surface area contributed by atoms with E-state index in [0.29, 0.717) is 28.8 Å². The van der Waals surface area contributed by atoms with Crippen LogP contribution in [0.4, 0.5) is 4.39 Å². The number of carbonyl (C=O) groups is 2. The fraction of sp³-hybridized carbons (Fsp3) is 0.286. The molecule has 0 fully saturated rings. The van der Waals surface area contributed by atoms with Crippen molar-refractivity contribution in [3.63, 3.8) is 0 Å². The Morgan fingerprint density at radius 1 is 0.972 bits per heavy atom. The molecule has 0 aliphatic heterocycles. The number of hydrogen-bond acceptors (Lipinski definition) is 3. The average molecular weight is 531 g/mol. The lowest BCUT2D eigenvalue weighted by atomic mass is 10.0. The molecule has 0 spiro atoms. The molecule has 8 heteroatoms. The number of carbonyl (C=O) groups excluding carboxylic acids is 2. The molecule has 190 valence electrons. The van der Waals surface area contributed by atoms with Crippen molar-refractivity contribution in [2.45, 2.75) is 38.8 Å². The summed E-state index contributed by atoms with van der Waals surface area (Å²) < 4.78 is 18.9. The number of hydrogen-bond donors (Lipinski definition) is 1. The maximum Gasteiger partial charge on any atom is 0.261 e. The van der Waals surface area contributed by atoms with Crippen LogP contribution in [0.1, 0.15) is 30.9 Å². The van der Waals surface area contributed by atoms with Gasteiger partial charge in [0.15, 0.2) is 6.61 Å². The summed E-state index contributed by atoms with van der Waals surface area (Å²) in [5.41, 5.74) is 1.64. The van der Waals surface area contributed by atoms with Crippen molar-refractivity contribution in [3.05, 3.63) is 99.8 Å². The zero-order chi connectivity index (χ0) is 25.9. The lowest BCUT2D eigenvalue weighted by Crippen LogP contribution is -2.51. The first-order chi connectivity index (χ1) is 17.4. The van der Waals surface area contributed by atoms with Gasteiger partial charge in [-0.15, -0.1) is 0 Å². The first-order valence-corrected chi connectivity index (χ1v) is 12.6. The van der Waals surface area contributed by atoms with Crippen LogP contribution in [0.2, 0.25) is 10.0 Å². The van der Waals surface area contributed by atoms with Gasteiger partial charge in [-0.1, -0.05) is 72.9 Å². The Kier molecular flexibility index (Phi) is 10.6. The van der Waals surface area contributed by atoms with Crippen molar-refractivity contribution >= 4 is 35.0 Å². The van der Waals surface area contributed by atoms with Gasteiger partial charge in [0.1, 0.15) is 17.6 Å². The number of halogens is 3. The van der Waals surface area contributed by atoms with E-state index in [0.717, 1.165) is 24.0 Å². The van der Waals surface area contributed by atoms with Gasteiger partial charge in [-0.05, 0) is 53.9 Å². The molecule has 0 saturated heterocycles. The van der Waals surface area contributed by atoms with E-state index in [2.05, 4.69) is 5.32 Å². The van der Waals surface area contributed by atoms with Crippen molar-refractivity contribution < 1.29 is 18.7 Å². The quantitative estimate of drug-likeness (QED) is 0.289. The minimum absolute atomic E-state index is 0.126. The van der Waals surface area contributed by atoms with Crippen LogP contribution >= 0.6 is 23.2 Å². The maximum absolute atomic E-state index is 13.5. The minimum atomic E-state index is -0.789. The third-order valence-electron chi connectivity index (χ3n) is 5.61. The monoisotopic (exact) mass is 530 g/mol. The van der Waals surface area contributed by atoms with Gasteiger partial charge in [0, 0.05) is 19.5 Å². The number of rotatable bonds is 12. The zero-order valence-electron chi connectivity index (χ0n) is 20.1. The number of unbranched alkanes of at least 4 members (excludes halogenated alkanes) is 1. The normalized spacial score (nSPS) is 11.6. The summed E-state index contributed by atoms with van der Waals surface area (Å²) >= 11 is 12.3. The van der Waals surface area contributed by atoms with Gasteiger partial charge in [-0.2, -0.15) is 0 Å². The topological polar surface area (TPSA) is 58.6 Å². The average Bonchev–Trinajstić information content (AvgIpc) is 2.88. The van der Waals surface area contributed by atoms with Crippen molar-refractivity contribution in [2.24, 2.45) is 0 Å². The Hall–Kier alpha value is -3.09. The third kappa shape index (κ3) is 8.25. The summed E-state index contributed by atoms with van der Waals surface area (Å²) in [6.07, 6.45) is 2.09. The van der Waals surface area contributed by atoms with Crippen LogP contribution < -0.4 is 10.1 Å². The number of amides is 2. The summed E-state index contributed by atoms with van der Waals surface area (Å²) in [7, 11) is 0. The van der Waals surface area contributed by atoms with Crippen LogP contribution in [0, 0.1) is 5.82 Å². The largest absolute Gasteiger partial charge is 0.484 e. The van der Waals surface area contributed by atoms with E-state index in [-0.39, 0.29) is 19.1 Å². The van der Waals surface area contributed by atoms with E-state index < -0.39 is 17.8 Å². The summed E-state index contributed by atoms with van der Waals surface area (Å²) in [6.45, 7) is 2.36. The second-order valence-electron chi connectivity index (χ2n) is 8.36. The molecule has 1 unspecified atom stereocenters.